The van der Waals surface area contributed by atoms with Gasteiger partial charge in [0.2, 0.25) is 18.2 Å². The van der Waals surface area contributed by atoms with Crippen molar-refractivity contribution < 1.29 is 28.4 Å². The largest absolute Gasteiger partial charge is 0.496 e. The lowest BCUT2D eigenvalue weighted by molar-refractivity contribution is 0.103. The smallest absolute Gasteiger partial charge is 0.236 e. The fourth-order valence-electron chi connectivity index (χ4n) is 2.66. The molecule has 0 N–H and O–H groups in total. The molecule has 28 heavy (non-hydrogen) atoms. The molecule has 6 nitrogen and oxygen atoms in total. The van der Waals surface area contributed by atoms with E-state index in [1.807, 2.05) is 0 Å². The van der Waals surface area contributed by atoms with Gasteiger partial charge in [0.15, 0.2) is 0 Å². The maximum absolute atomic E-state index is 13.6. The van der Waals surface area contributed by atoms with Gasteiger partial charge in [-0.05, 0) is 12.1 Å². The van der Waals surface area contributed by atoms with Gasteiger partial charge < -0.3 is 18.8 Å². The molecular weight excluding hydrogens is 426 g/mol. The molecule has 0 amide bonds. The van der Waals surface area contributed by atoms with Crippen LogP contribution in [0.25, 0.3) is 0 Å². The highest BCUT2D eigenvalue weighted by atomic mass is 35.5. The lowest BCUT2D eigenvalue weighted by Gasteiger charge is -2.19. The van der Waals surface area contributed by atoms with Gasteiger partial charge >= 0.3 is 0 Å². The number of hydrogen-bond donors (Lipinski definition) is 0. The molecule has 9 heteroatoms. The highest BCUT2D eigenvalue weighted by Crippen LogP contribution is 2.55. The average Bonchev–Trinajstić information content (AvgIpc) is 2.71. The molecule has 2 aromatic carbocycles. The third kappa shape index (κ3) is 3.90. The van der Waals surface area contributed by atoms with Crippen molar-refractivity contribution >= 4 is 41.4 Å². The molecule has 150 valence electrons. The Bertz CT molecular complexity index is 928. The van der Waals surface area contributed by atoms with Gasteiger partial charge in [0.1, 0.15) is 22.8 Å². The Morgan fingerprint density at radius 2 is 1.36 bits per heavy atom. The molecule has 0 saturated carbocycles. The Morgan fingerprint density at radius 3 is 1.75 bits per heavy atom. The Kier molecular flexibility index (Phi) is 7.16. The highest BCUT2D eigenvalue weighted by molar-refractivity contribution is 7.95. The quantitative estimate of drug-likeness (QED) is 0.508. The zero-order valence-electron chi connectivity index (χ0n) is 15.7. The van der Waals surface area contributed by atoms with Crippen LogP contribution in [0, 0.1) is 0 Å². The third-order valence-corrected chi connectivity index (χ3v) is 7.49. The second-order valence-corrected chi connectivity index (χ2v) is 9.41. The van der Waals surface area contributed by atoms with Crippen LogP contribution >= 0.6 is 30.3 Å². The maximum atomic E-state index is 13.6. The molecule has 0 heterocycles. The summed E-state index contributed by atoms with van der Waals surface area (Å²) < 4.78 is 29.3. The van der Waals surface area contributed by atoms with Crippen molar-refractivity contribution in [3.63, 3.8) is 0 Å². The van der Waals surface area contributed by atoms with Gasteiger partial charge in [-0.1, -0.05) is 36.2 Å². The maximum Gasteiger partial charge on any atom is 0.236 e. The predicted molar refractivity (Wildman–Crippen MR) is 109 cm³/mol. The van der Waals surface area contributed by atoms with Gasteiger partial charge in [-0.3, -0.25) is 9.59 Å². The van der Waals surface area contributed by atoms with Gasteiger partial charge in [0, 0.05) is 18.3 Å². The summed E-state index contributed by atoms with van der Waals surface area (Å²) in [6.07, 6.45) is -0.218. The van der Waals surface area contributed by atoms with Crippen LogP contribution < -0.4 is 14.2 Å². The fourth-order valence-corrected chi connectivity index (χ4v) is 5.30. The van der Waals surface area contributed by atoms with Gasteiger partial charge in [0.05, 0.1) is 36.9 Å². The number of carbonyl (C=O) groups is 2. The zero-order chi connectivity index (χ0) is 21.1. The van der Waals surface area contributed by atoms with Crippen LogP contribution in [0.1, 0.15) is 27.6 Å². The highest BCUT2D eigenvalue weighted by Gasteiger charge is 2.43. The van der Waals surface area contributed by atoms with E-state index in [0.717, 1.165) is 0 Å². The van der Waals surface area contributed by atoms with Crippen LogP contribution in [0.2, 0.25) is 10.0 Å². The first-order valence-corrected chi connectivity index (χ1v) is 10.8. The minimum atomic E-state index is -4.13. The van der Waals surface area contributed by atoms with Gasteiger partial charge in [-0.2, -0.15) is 0 Å². The van der Waals surface area contributed by atoms with Crippen molar-refractivity contribution in [3.05, 3.63) is 51.5 Å². The van der Waals surface area contributed by atoms with E-state index in [1.54, 1.807) is 6.07 Å². The number of ether oxygens (including phenoxy) is 3. The summed E-state index contributed by atoms with van der Waals surface area (Å²) in [5.74, 6) is 0.526. The zero-order valence-corrected chi connectivity index (χ0v) is 18.2. The van der Waals surface area contributed by atoms with Crippen molar-refractivity contribution in [2.75, 3.05) is 27.5 Å². The molecule has 2 aromatic rings. The monoisotopic (exact) mass is 444 g/mol. The molecule has 0 fully saturated rings. The number of benzene rings is 2. The fraction of sp³-hybridized carbons (Fsp3) is 0.263. The molecule has 0 radical (unpaired) electrons. The second kappa shape index (κ2) is 8.99. The summed E-state index contributed by atoms with van der Waals surface area (Å²) in [7, 11) is -0.00752. The van der Waals surface area contributed by atoms with E-state index < -0.39 is 18.2 Å². The van der Waals surface area contributed by atoms with Crippen molar-refractivity contribution in [1.29, 1.82) is 0 Å². The molecule has 0 saturated heterocycles. The molecule has 2 rings (SSSR count). The molecule has 0 spiro atoms. The lowest BCUT2D eigenvalue weighted by atomic mass is 10.2. The summed E-state index contributed by atoms with van der Waals surface area (Å²) in [5.41, 5.74) is -2.05. The molecule has 1 atom stereocenters. The van der Waals surface area contributed by atoms with Gasteiger partial charge in [0.25, 0.3) is 0 Å². The number of hydrogen-bond acceptors (Lipinski definition) is 6. The normalized spacial score (nSPS) is 12.8. The van der Waals surface area contributed by atoms with E-state index in [1.165, 1.54) is 52.5 Å². The molecular formula is C19H19Cl2O6P. The molecule has 0 bridgehead atoms. The first-order valence-electron chi connectivity index (χ1n) is 8.18. The van der Waals surface area contributed by atoms with E-state index in [0.29, 0.717) is 5.75 Å². The molecule has 0 aliphatic heterocycles. The summed E-state index contributed by atoms with van der Waals surface area (Å²) in [4.78, 5) is 26.4. The molecule has 0 aromatic heterocycles. The van der Waals surface area contributed by atoms with Gasteiger partial charge in [-0.25, -0.2) is 0 Å². The summed E-state index contributed by atoms with van der Waals surface area (Å²) in [6.45, 7) is 1.49. The van der Waals surface area contributed by atoms with Crippen molar-refractivity contribution in [3.8, 4) is 17.2 Å². The SMILES string of the molecule is CCP(=O)(C(=O)c1c(Cl)cccc1Cl)C(=O)c1c(OC)cc(OC)cc1OC. The van der Waals surface area contributed by atoms with Crippen LogP contribution in [0.5, 0.6) is 17.2 Å². The van der Waals surface area contributed by atoms with E-state index in [9.17, 15) is 14.2 Å². The number of methoxy groups -OCH3 is 3. The third-order valence-electron chi connectivity index (χ3n) is 4.21. The van der Waals surface area contributed by atoms with E-state index >= 15 is 0 Å². The summed E-state index contributed by atoms with van der Waals surface area (Å²) in [5, 5.41) is 0.0419. The molecule has 0 aliphatic rings. The van der Waals surface area contributed by atoms with Crippen molar-refractivity contribution in [1.82, 2.24) is 0 Å². The summed E-state index contributed by atoms with van der Waals surface area (Å²) in [6, 6.07) is 7.33. The predicted octanol–water partition coefficient (Wildman–Crippen LogP) is 5.38. The standard InChI is InChI=1S/C19H19Cl2O6P/c1-5-28(24,18(22)16-12(20)7-6-8-13(16)21)19(23)17-14(26-3)9-11(25-2)10-15(17)27-4/h6-10H,5H2,1-4H3. The molecule has 0 aliphatic carbocycles. The van der Waals surface area contributed by atoms with Crippen molar-refractivity contribution in [2.45, 2.75) is 6.92 Å². The number of carbonyl (C=O) groups excluding carboxylic acids is 2. The number of halogens is 2. The first kappa shape index (κ1) is 22.3. The van der Waals surface area contributed by atoms with E-state index in [2.05, 4.69) is 0 Å². The second-order valence-electron chi connectivity index (χ2n) is 5.67. The van der Waals surface area contributed by atoms with E-state index in [4.69, 9.17) is 37.4 Å². The lowest BCUT2D eigenvalue weighted by Crippen LogP contribution is -2.15. The Hall–Kier alpha value is -2.01. The Morgan fingerprint density at radius 1 is 0.893 bits per heavy atom. The first-order chi connectivity index (χ1) is 13.2. The Labute approximate surface area is 173 Å². The Balaban J connectivity index is 2.69. The minimum absolute atomic E-state index is 0.0210. The minimum Gasteiger partial charge on any atom is -0.496 e. The van der Waals surface area contributed by atoms with Crippen LogP contribution in [0.3, 0.4) is 0 Å². The van der Waals surface area contributed by atoms with Crippen molar-refractivity contribution in [2.24, 2.45) is 0 Å². The van der Waals surface area contributed by atoms with Crippen LogP contribution in [0.15, 0.2) is 30.3 Å². The summed E-state index contributed by atoms with van der Waals surface area (Å²) >= 11 is 12.2. The van der Waals surface area contributed by atoms with Gasteiger partial charge in [-0.15, -0.1) is 0 Å². The van der Waals surface area contributed by atoms with E-state index in [-0.39, 0.29) is 38.8 Å². The number of rotatable bonds is 8. The average molecular weight is 445 g/mol. The van der Waals surface area contributed by atoms with Crippen LogP contribution in [0.4, 0.5) is 0 Å². The topological polar surface area (TPSA) is 78.9 Å². The van der Waals surface area contributed by atoms with Crippen LogP contribution in [-0.4, -0.2) is 38.5 Å². The molecule has 1 unspecified atom stereocenters. The van der Waals surface area contributed by atoms with Crippen LogP contribution in [-0.2, 0) is 4.57 Å².